The van der Waals surface area contributed by atoms with E-state index in [0.29, 0.717) is 10.2 Å². The summed E-state index contributed by atoms with van der Waals surface area (Å²) >= 11 is 15.0. The first-order chi connectivity index (χ1) is 7.91. The van der Waals surface area contributed by atoms with Crippen molar-refractivity contribution in [3.05, 3.63) is 38.3 Å². The molecule has 0 aliphatic heterocycles. The number of aryl methyl sites for hydroxylation is 1. The van der Waals surface area contributed by atoms with Crippen LogP contribution in [-0.2, 0) is 0 Å². The van der Waals surface area contributed by atoms with Crippen LogP contribution < -0.4 is 5.73 Å². The van der Waals surface area contributed by atoms with Crippen LogP contribution in [0, 0.1) is 12.7 Å². The Morgan fingerprint density at radius 1 is 1.41 bits per heavy atom. The molecule has 1 aromatic heterocycles. The molecule has 2 N–H and O–H groups in total. The van der Waals surface area contributed by atoms with Gasteiger partial charge in [-0.25, -0.2) is 9.07 Å². The lowest BCUT2D eigenvalue weighted by Crippen LogP contribution is -2.02. The van der Waals surface area contributed by atoms with Crippen LogP contribution in [0.2, 0.25) is 10.2 Å². The van der Waals surface area contributed by atoms with Crippen LogP contribution in [0.15, 0.2) is 16.6 Å². The minimum atomic E-state index is -0.541. The van der Waals surface area contributed by atoms with Gasteiger partial charge in [-0.2, -0.15) is 5.10 Å². The van der Waals surface area contributed by atoms with Crippen LogP contribution in [0.25, 0.3) is 5.69 Å². The molecule has 0 bridgehead atoms. The van der Waals surface area contributed by atoms with Gasteiger partial charge in [0.1, 0.15) is 10.8 Å². The maximum Gasteiger partial charge on any atom is 0.150 e. The van der Waals surface area contributed by atoms with Gasteiger partial charge in [0.2, 0.25) is 0 Å². The molecule has 90 valence electrons. The molecule has 0 atom stereocenters. The number of hydrogen-bond acceptors (Lipinski definition) is 2. The van der Waals surface area contributed by atoms with Gasteiger partial charge in [-0.3, -0.25) is 0 Å². The third-order valence-corrected chi connectivity index (χ3v) is 4.08. The molecular formula is C10H7BrCl2FN3. The Hall–Kier alpha value is -0.780. The zero-order valence-electron chi connectivity index (χ0n) is 8.64. The molecule has 1 aromatic carbocycles. The van der Waals surface area contributed by atoms with Crippen LogP contribution in [0.4, 0.5) is 10.1 Å². The fraction of sp³-hybridized carbons (Fsp3) is 0.100. The van der Waals surface area contributed by atoms with Gasteiger partial charge >= 0.3 is 0 Å². The number of rotatable bonds is 1. The van der Waals surface area contributed by atoms with Crippen molar-refractivity contribution < 1.29 is 4.39 Å². The summed E-state index contributed by atoms with van der Waals surface area (Å²) < 4.78 is 15.6. The van der Waals surface area contributed by atoms with Crippen LogP contribution in [0.3, 0.4) is 0 Å². The van der Waals surface area contributed by atoms with E-state index in [1.54, 1.807) is 6.92 Å². The van der Waals surface area contributed by atoms with E-state index < -0.39 is 5.82 Å². The Bertz CT molecular complexity index is 598. The van der Waals surface area contributed by atoms with Gasteiger partial charge in [0.25, 0.3) is 0 Å². The summed E-state index contributed by atoms with van der Waals surface area (Å²) in [6.07, 6.45) is 0. The smallest absolute Gasteiger partial charge is 0.150 e. The lowest BCUT2D eigenvalue weighted by atomic mass is 10.2. The maximum atomic E-state index is 13.8. The van der Waals surface area contributed by atoms with Crippen molar-refractivity contribution in [1.82, 2.24) is 9.78 Å². The minimum absolute atomic E-state index is 0.158. The SMILES string of the molecule is Cc1nn(-c2cc(N)c(Cl)cc2F)c(Cl)c1Br. The predicted octanol–water partition coefficient (Wildman–Crippen LogP) is 3.97. The first-order valence-corrected chi connectivity index (χ1v) is 6.12. The third-order valence-electron chi connectivity index (χ3n) is 2.23. The van der Waals surface area contributed by atoms with E-state index in [4.69, 9.17) is 28.9 Å². The molecule has 0 unspecified atom stereocenters. The van der Waals surface area contributed by atoms with E-state index in [9.17, 15) is 4.39 Å². The molecule has 0 radical (unpaired) electrons. The molecule has 2 rings (SSSR count). The monoisotopic (exact) mass is 337 g/mol. The molecular weight excluding hydrogens is 332 g/mol. The van der Waals surface area contributed by atoms with Gasteiger partial charge < -0.3 is 5.73 Å². The number of nitrogens with two attached hydrogens (primary N) is 1. The fourth-order valence-electron chi connectivity index (χ4n) is 1.36. The van der Waals surface area contributed by atoms with Gasteiger partial charge in [0.15, 0.2) is 5.82 Å². The molecule has 0 spiro atoms. The summed E-state index contributed by atoms with van der Waals surface area (Å²) in [6, 6.07) is 2.52. The normalized spacial score (nSPS) is 10.9. The molecule has 0 aliphatic rings. The first kappa shape index (κ1) is 12.7. The Morgan fingerprint density at radius 2 is 2.06 bits per heavy atom. The number of benzene rings is 1. The van der Waals surface area contributed by atoms with Crippen LogP contribution in [-0.4, -0.2) is 9.78 Å². The van der Waals surface area contributed by atoms with E-state index in [2.05, 4.69) is 21.0 Å². The number of nitrogens with zero attached hydrogens (tertiary/aromatic N) is 2. The highest BCUT2D eigenvalue weighted by molar-refractivity contribution is 9.10. The Morgan fingerprint density at radius 3 is 2.59 bits per heavy atom. The van der Waals surface area contributed by atoms with Crippen molar-refractivity contribution in [1.29, 1.82) is 0 Å². The second-order valence-electron chi connectivity index (χ2n) is 3.43. The fourth-order valence-corrected chi connectivity index (χ4v) is 2.02. The number of aromatic nitrogens is 2. The molecule has 2 aromatic rings. The lowest BCUT2D eigenvalue weighted by molar-refractivity contribution is 0.610. The summed E-state index contributed by atoms with van der Waals surface area (Å²) in [4.78, 5) is 0. The molecule has 3 nitrogen and oxygen atoms in total. The highest BCUT2D eigenvalue weighted by Crippen LogP contribution is 2.31. The molecule has 0 aliphatic carbocycles. The zero-order chi connectivity index (χ0) is 12.7. The van der Waals surface area contributed by atoms with E-state index in [0.717, 1.165) is 6.07 Å². The quantitative estimate of drug-likeness (QED) is 0.799. The van der Waals surface area contributed by atoms with Crippen molar-refractivity contribution in [3.63, 3.8) is 0 Å². The summed E-state index contributed by atoms with van der Waals surface area (Å²) in [5.41, 5.74) is 6.71. The summed E-state index contributed by atoms with van der Waals surface area (Å²) in [5.74, 6) is -0.541. The standard InChI is InChI=1S/C10H7BrCl2FN3/c1-4-9(11)10(13)17(16-4)8-3-7(15)5(12)2-6(8)14/h2-3H,15H2,1H3. The number of halogens is 4. The molecule has 0 saturated carbocycles. The molecule has 0 amide bonds. The number of anilines is 1. The highest BCUT2D eigenvalue weighted by Gasteiger charge is 2.16. The van der Waals surface area contributed by atoms with E-state index >= 15 is 0 Å². The summed E-state index contributed by atoms with van der Waals surface area (Å²) in [6.45, 7) is 1.75. The van der Waals surface area contributed by atoms with E-state index in [1.165, 1.54) is 10.7 Å². The van der Waals surface area contributed by atoms with Crippen LogP contribution in [0.5, 0.6) is 0 Å². The number of hydrogen-bond donors (Lipinski definition) is 1. The van der Waals surface area contributed by atoms with Gasteiger partial charge in [0, 0.05) is 0 Å². The first-order valence-electron chi connectivity index (χ1n) is 4.57. The molecule has 1 heterocycles. The van der Waals surface area contributed by atoms with Crippen molar-refractivity contribution in [2.75, 3.05) is 5.73 Å². The molecule has 7 heteroatoms. The Balaban J connectivity index is 2.68. The molecule has 0 fully saturated rings. The Labute approximate surface area is 115 Å². The lowest BCUT2D eigenvalue weighted by Gasteiger charge is -2.07. The maximum absolute atomic E-state index is 13.8. The van der Waals surface area contributed by atoms with E-state index in [-0.39, 0.29) is 21.6 Å². The zero-order valence-corrected chi connectivity index (χ0v) is 11.7. The predicted molar refractivity (Wildman–Crippen MR) is 70.4 cm³/mol. The van der Waals surface area contributed by atoms with Crippen molar-refractivity contribution >= 4 is 44.8 Å². The molecule has 17 heavy (non-hydrogen) atoms. The largest absolute Gasteiger partial charge is 0.397 e. The summed E-state index contributed by atoms with van der Waals surface area (Å²) in [5, 5.41) is 4.55. The van der Waals surface area contributed by atoms with Crippen LogP contribution in [0.1, 0.15) is 5.69 Å². The van der Waals surface area contributed by atoms with Crippen molar-refractivity contribution in [2.45, 2.75) is 6.92 Å². The van der Waals surface area contributed by atoms with Gasteiger partial charge in [0.05, 0.1) is 20.9 Å². The average Bonchev–Trinajstić information content (AvgIpc) is 2.51. The van der Waals surface area contributed by atoms with Gasteiger partial charge in [-0.1, -0.05) is 23.2 Å². The third kappa shape index (κ3) is 2.14. The average molecular weight is 339 g/mol. The van der Waals surface area contributed by atoms with E-state index in [1.807, 2.05) is 0 Å². The second-order valence-corrected chi connectivity index (χ2v) is 4.99. The minimum Gasteiger partial charge on any atom is -0.397 e. The van der Waals surface area contributed by atoms with Crippen LogP contribution >= 0.6 is 39.1 Å². The second kappa shape index (κ2) is 4.48. The van der Waals surface area contributed by atoms with Crippen molar-refractivity contribution in [2.24, 2.45) is 0 Å². The number of nitrogen functional groups attached to an aromatic ring is 1. The summed E-state index contributed by atoms with van der Waals surface area (Å²) in [7, 11) is 0. The van der Waals surface area contributed by atoms with Gasteiger partial charge in [-0.05, 0) is 35.0 Å². The topological polar surface area (TPSA) is 43.8 Å². The Kier molecular flexibility index (Phi) is 3.34. The molecule has 0 saturated heterocycles. The highest BCUT2D eigenvalue weighted by atomic mass is 79.9. The van der Waals surface area contributed by atoms with Crippen molar-refractivity contribution in [3.8, 4) is 5.69 Å². The van der Waals surface area contributed by atoms with Gasteiger partial charge in [-0.15, -0.1) is 0 Å².